The summed E-state index contributed by atoms with van der Waals surface area (Å²) in [7, 11) is 0. The van der Waals surface area contributed by atoms with E-state index < -0.39 is 17.2 Å². The minimum Gasteiger partial charge on any atom is -0.355 e. The van der Waals surface area contributed by atoms with Crippen LogP contribution in [0.5, 0.6) is 0 Å². The first-order valence-electron chi connectivity index (χ1n) is 10.1. The Hall–Kier alpha value is -3.23. The van der Waals surface area contributed by atoms with Crippen LogP contribution < -0.4 is 5.32 Å². The van der Waals surface area contributed by atoms with Gasteiger partial charge in [0.2, 0.25) is 17.6 Å². The van der Waals surface area contributed by atoms with E-state index in [0.29, 0.717) is 35.7 Å². The highest BCUT2D eigenvalue weighted by molar-refractivity contribution is 5.76. The Morgan fingerprint density at radius 3 is 2.44 bits per heavy atom. The summed E-state index contributed by atoms with van der Waals surface area (Å²) < 4.78 is 57.0. The molecule has 0 atom stereocenters. The van der Waals surface area contributed by atoms with Crippen LogP contribution in [-0.4, -0.2) is 22.6 Å². The molecule has 0 saturated carbocycles. The third kappa shape index (κ3) is 6.15. The third-order valence-electron chi connectivity index (χ3n) is 5.06. The highest BCUT2D eigenvalue weighted by atomic mass is 19.4. The molecular formula is C23H23F4N3O2. The lowest BCUT2D eigenvalue weighted by Gasteiger charge is -2.26. The number of alkyl halides is 3. The van der Waals surface area contributed by atoms with Gasteiger partial charge in [-0.25, -0.2) is 4.39 Å². The Kier molecular flexibility index (Phi) is 6.96. The first-order valence-corrected chi connectivity index (χ1v) is 10.1. The summed E-state index contributed by atoms with van der Waals surface area (Å²) in [5.41, 5.74) is -0.273. The molecule has 0 spiro atoms. The molecule has 0 fully saturated rings. The highest BCUT2D eigenvalue weighted by Gasteiger charge is 2.32. The van der Waals surface area contributed by atoms with Crippen LogP contribution in [0.1, 0.15) is 43.7 Å². The second kappa shape index (κ2) is 9.50. The van der Waals surface area contributed by atoms with Crippen LogP contribution in [0.25, 0.3) is 11.4 Å². The first-order chi connectivity index (χ1) is 15.0. The Morgan fingerprint density at radius 1 is 1.06 bits per heavy atom. The number of nitrogens with zero attached hydrogens (tertiary/aromatic N) is 2. The minimum atomic E-state index is -4.42. The summed E-state index contributed by atoms with van der Waals surface area (Å²) in [4.78, 5) is 16.4. The van der Waals surface area contributed by atoms with Gasteiger partial charge in [0.05, 0.1) is 5.56 Å². The Labute approximate surface area is 182 Å². The van der Waals surface area contributed by atoms with E-state index in [4.69, 9.17) is 4.52 Å². The van der Waals surface area contributed by atoms with Gasteiger partial charge in [-0.1, -0.05) is 37.2 Å². The van der Waals surface area contributed by atoms with E-state index in [1.807, 2.05) is 0 Å². The normalized spacial score (nSPS) is 12.1. The number of aryl methyl sites for hydroxylation is 1. The Bertz CT molecular complexity index is 1060. The molecule has 1 heterocycles. The van der Waals surface area contributed by atoms with Gasteiger partial charge in [-0.3, -0.25) is 4.79 Å². The number of rotatable bonds is 8. The number of nitrogens with one attached hydrogen (secondary N) is 1. The zero-order chi connectivity index (χ0) is 23.4. The van der Waals surface area contributed by atoms with Crippen molar-refractivity contribution in [2.75, 3.05) is 6.54 Å². The molecule has 3 aromatic rings. The summed E-state index contributed by atoms with van der Waals surface area (Å²) in [6, 6.07) is 10.8. The second-order valence-electron chi connectivity index (χ2n) is 8.11. The van der Waals surface area contributed by atoms with Crippen LogP contribution in [0, 0.1) is 5.82 Å². The minimum absolute atomic E-state index is 0.197. The molecule has 0 bridgehead atoms. The number of hydrogen-bond donors (Lipinski definition) is 1. The predicted molar refractivity (Wildman–Crippen MR) is 110 cm³/mol. The first kappa shape index (κ1) is 23.4. The molecular weight excluding hydrogens is 426 g/mol. The summed E-state index contributed by atoms with van der Waals surface area (Å²) in [6.07, 6.45) is -3.37. The van der Waals surface area contributed by atoms with Crippen molar-refractivity contribution >= 4 is 5.91 Å². The summed E-state index contributed by atoms with van der Waals surface area (Å²) in [5, 5.41) is 6.63. The van der Waals surface area contributed by atoms with Crippen LogP contribution in [0.2, 0.25) is 0 Å². The number of hydrogen-bond acceptors (Lipinski definition) is 4. The van der Waals surface area contributed by atoms with Crippen molar-refractivity contribution in [3.8, 4) is 11.4 Å². The maximum atomic E-state index is 13.0. The fourth-order valence-electron chi connectivity index (χ4n) is 3.10. The maximum Gasteiger partial charge on any atom is 0.416 e. The molecule has 0 radical (unpaired) electrons. The SMILES string of the molecule is CC(C)(CNC(=O)CCCc1nc(-c2ccc(F)cc2)no1)c1cccc(C(F)(F)F)c1. The van der Waals surface area contributed by atoms with Crippen LogP contribution >= 0.6 is 0 Å². The van der Waals surface area contributed by atoms with E-state index >= 15 is 0 Å². The number of amides is 1. The quantitative estimate of drug-likeness (QED) is 0.473. The van der Waals surface area contributed by atoms with Gasteiger partial charge in [0, 0.05) is 30.4 Å². The topological polar surface area (TPSA) is 68.0 Å². The van der Waals surface area contributed by atoms with E-state index in [0.717, 1.165) is 12.1 Å². The van der Waals surface area contributed by atoms with Crippen molar-refractivity contribution < 1.29 is 26.9 Å². The van der Waals surface area contributed by atoms with Crippen LogP contribution in [0.4, 0.5) is 17.6 Å². The van der Waals surface area contributed by atoms with Crippen molar-refractivity contribution in [3.63, 3.8) is 0 Å². The van der Waals surface area contributed by atoms with Gasteiger partial charge in [-0.15, -0.1) is 0 Å². The zero-order valence-electron chi connectivity index (χ0n) is 17.7. The fourth-order valence-corrected chi connectivity index (χ4v) is 3.10. The van der Waals surface area contributed by atoms with Gasteiger partial charge in [0.1, 0.15) is 5.82 Å². The fraction of sp³-hybridized carbons (Fsp3) is 0.348. The monoisotopic (exact) mass is 449 g/mol. The van der Waals surface area contributed by atoms with E-state index in [1.165, 1.54) is 18.2 Å². The van der Waals surface area contributed by atoms with Crippen molar-refractivity contribution in [1.29, 1.82) is 0 Å². The van der Waals surface area contributed by atoms with E-state index in [-0.39, 0.29) is 24.7 Å². The molecule has 1 amide bonds. The second-order valence-corrected chi connectivity index (χ2v) is 8.11. The highest BCUT2D eigenvalue weighted by Crippen LogP contribution is 2.32. The molecule has 9 heteroatoms. The van der Waals surface area contributed by atoms with E-state index in [9.17, 15) is 22.4 Å². The predicted octanol–water partition coefficient (Wildman–Crippen LogP) is 5.31. The van der Waals surface area contributed by atoms with Gasteiger partial charge in [0.15, 0.2) is 0 Å². The lowest BCUT2D eigenvalue weighted by Crippen LogP contribution is -2.36. The van der Waals surface area contributed by atoms with Crippen LogP contribution in [0.15, 0.2) is 53.1 Å². The zero-order valence-corrected chi connectivity index (χ0v) is 17.7. The molecule has 32 heavy (non-hydrogen) atoms. The molecule has 0 aliphatic rings. The average molecular weight is 449 g/mol. The number of benzene rings is 2. The Balaban J connectivity index is 1.48. The number of carbonyl (C=O) groups is 1. The van der Waals surface area contributed by atoms with Crippen molar-refractivity contribution in [2.24, 2.45) is 0 Å². The van der Waals surface area contributed by atoms with Gasteiger partial charge >= 0.3 is 6.18 Å². The smallest absolute Gasteiger partial charge is 0.355 e. The molecule has 0 aliphatic heterocycles. The molecule has 0 saturated heterocycles. The molecule has 3 rings (SSSR count). The van der Waals surface area contributed by atoms with Crippen molar-refractivity contribution in [2.45, 2.75) is 44.7 Å². The lowest BCUT2D eigenvalue weighted by molar-refractivity contribution is -0.137. The largest absolute Gasteiger partial charge is 0.416 e. The van der Waals surface area contributed by atoms with Gasteiger partial charge in [-0.2, -0.15) is 18.2 Å². The maximum absolute atomic E-state index is 13.0. The lowest BCUT2D eigenvalue weighted by atomic mass is 9.83. The summed E-state index contributed by atoms with van der Waals surface area (Å²) >= 11 is 0. The van der Waals surface area contributed by atoms with Crippen molar-refractivity contribution in [3.05, 3.63) is 71.4 Å². The molecule has 5 nitrogen and oxygen atoms in total. The van der Waals surface area contributed by atoms with Crippen molar-refractivity contribution in [1.82, 2.24) is 15.5 Å². The van der Waals surface area contributed by atoms with Gasteiger partial charge in [-0.05, 0) is 42.3 Å². The number of aromatic nitrogens is 2. The van der Waals surface area contributed by atoms with E-state index in [1.54, 1.807) is 32.0 Å². The van der Waals surface area contributed by atoms with Gasteiger partial charge in [0.25, 0.3) is 0 Å². The van der Waals surface area contributed by atoms with Crippen LogP contribution in [-0.2, 0) is 22.8 Å². The molecule has 1 aromatic heterocycles. The third-order valence-corrected chi connectivity index (χ3v) is 5.06. The molecule has 2 aromatic carbocycles. The number of carbonyl (C=O) groups excluding carboxylic acids is 1. The van der Waals surface area contributed by atoms with Gasteiger partial charge < -0.3 is 9.84 Å². The van der Waals surface area contributed by atoms with E-state index in [2.05, 4.69) is 15.5 Å². The Morgan fingerprint density at radius 2 is 1.75 bits per heavy atom. The average Bonchev–Trinajstić information content (AvgIpc) is 3.21. The molecule has 0 aliphatic carbocycles. The molecule has 1 N–H and O–H groups in total. The molecule has 0 unspecified atom stereocenters. The van der Waals surface area contributed by atoms with Crippen LogP contribution in [0.3, 0.4) is 0 Å². The summed E-state index contributed by atoms with van der Waals surface area (Å²) in [6.45, 7) is 3.75. The number of halogens is 4. The summed E-state index contributed by atoms with van der Waals surface area (Å²) in [5.74, 6) is 0.122. The standard InChI is InChI=1S/C23H23F4N3O2/c1-22(2,16-5-3-6-17(13-16)23(25,26)27)14-28-19(31)7-4-8-20-29-21(30-32-20)15-9-11-18(24)12-10-15/h3,5-6,9-13H,4,7-8,14H2,1-2H3,(H,28,31). The molecule has 170 valence electrons.